The lowest BCUT2D eigenvalue weighted by molar-refractivity contribution is -0.137. The summed E-state index contributed by atoms with van der Waals surface area (Å²) in [6.45, 7) is 3.25. The van der Waals surface area contributed by atoms with Gasteiger partial charge >= 0.3 is 6.18 Å². The van der Waals surface area contributed by atoms with Gasteiger partial charge in [-0.05, 0) is 55.3 Å². The number of alkyl halides is 3. The van der Waals surface area contributed by atoms with Gasteiger partial charge in [0.15, 0.2) is 12.4 Å². The highest BCUT2D eigenvalue weighted by Crippen LogP contribution is 2.29. The number of hydrogen-bond donors (Lipinski definition) is 1. The number of halogens is 3. The number of amides is 1. The summed E-state index contributed by atoms with van der Waals surface area (Å²) >= 11 is 0. The lowest BCUT2D eigenvalue weighted by Crippen LogP contribution is -2.39. The monoisotopic (exact) mass is 420 g/mol. The number of benzene rings is 2. The van der Waals surface area contributed by atoms with E-state index in [1.807, 2.05) is 0 Å². The molecule has 30 heavy (non-hydrogen) atoms. The number of hydrogen-bond acceptors (Lipinski definition) is 4. The van der Waals surface area contributed by atoms with Crippen molar-refractivity contribution in [2.75, 3.05) is 19.7 Å². The van der Waals surface area contributed by atoms with E-state index in [9.17, 15) is 22.8 Å². The van der Waals surface area contributed by atoms with E-state index >= 15 is 0 Å². The Morgan fingerprint density at radius 2 is 1.77 bits per heavy atom. The molecule has 2 aromatic carbocycles. The van der Waals surface area contributed by atoms with Crippen LogP contribution in [0.1, 0.15) is 34.8 Å². The Bertz CT molecular complexity index is 880. The minimum absolute atomic E-state index is 0.0318. The third-order valence-corrected chi connectivity index (χ3v) is 4.96. The second-order valence-electron chi connectivity index (χ2n) is 7.35. The predicted molar refractivity (Wildman–Crippen MR) is 105 cm³/mol. The quantitative estimate of drug-likeness (QED) is 0.695. The zero-order valence-corrected chi connectivity index (χ0v) is 16.5. The summed E-state index contributed by atoms with van der Waals surface area (Å²) in [6.07, 6.45) is -3.57. The van der Waals surface area contributed by atoms with E-state index in [-0.39, 0.29) is 24.3 Å². The molecule has 1 aliphatic rings. The van der Waals surface area contributed by atoms with E-state index in [0.717, 1.165) is 30.7 Å². The van der Waals surface area contributed by atoms with E-state index in [0.29, 0.717) is 24.4 Å². The van der Waals surface area contributed by atoms with Crippen molar-refractivity contribution in [3.63, 3.8) is 0 Å². The minimum Gasteiger partial charge on any atom is -0.484 e. The fraction of sp³-hybridized carbons (Fsp3) is 0.364. The van der Waals surface area contributed by atoms with Crippen molar-refractivity contribution < 1.29 is 27.5 Å². The van der Waals surface area contributed by atoms with Gasteiger partial charge in [0, 0.05) is 31.2 Å². The molecule has 1 fully saturated rings. The molecule has 0 saturated carbocycles. The Hall–Kier alpha value is -2.87. The number of carbonyl (C=O) groups is 2. The molecule has 3 rings (SSSR count). The molecule has 1 N–H and O–H groups in total. The molecule has 1 saturated heterocycles. The van der Waals surface area contributed by atoms with Gasteiger partial charge in [0.1, 0.15) is 5.75 Å². The first-order valence-electron chi connectivity index (χ1n) is 9.62. The van der Waals surface area contributed by atoms with E-state index in [4.69, 9.17) is 4.74 Å². The van der Waals surface area contributed by atoms with Crippen LogP contribution in [0, 0.1) is 0 Å². The van der Waals surface area contributed by atoms with Crippen LogP contribution in [0.2, 0.25) is 0 Å². The van der Waals surface area contributed by atoms with Crippen LogP contribution in [0.5, 0.6) is 5.75 Å². The third kappa shape index (κ3) is 6.06. The summed E-state index contributed by atoms with van der Waals surface area (Å²) in [4.78, 5) is 25.5. The second-order valence-corrected chi connectivity index (χ2v) is 7.35. The van der Waals surface area contributed by atoms with Crippen molar-refractivity contribution in [2.45, 2.75) is 32.1 Å². The molecule has 0 bridgehead atoms. The zero-order valence-electron chi connectivity index (χ0n) is 16.5. The van der Waals surface area contributed by atoms with Gasteiger partial charge in [0.2, 0.25) is 0 Å². The van der Waals surface area contributed by atoms with Crippen molar-refractivity contribution in [3.8, 4) is 5.75 Å². The summed E-state index contributed by atoms with van der Waals surface area (Å²) in [5, 5.41) is 2.92. The molecule has 0 spiro atoms. The second kappa shape index (κ2) is 9.30. The largest absolute Gasteiger partial charge is 0.484 e. The SMILES string of the molecule is CC(=O)c1ccc(OCC(=O)NC2CCN(Cc3ccc(C(F)(F)F)cc3)C2)cc1. The number of Topliss-reactive ketones (excluding diaryl/α,β-unsaturated/α-hetero) is 1. The number of nitrogens with zero attached hydrogens (tertiary/aromatic N) is 1. The van der Waals surface area contributed by atoms with Crippen LogP contribution in [0.15, 0.2) is 48.5 Å². The molecule has 1 amide bonds. The molecule has 0 aromatic heterocycles. The van der Waals surface area contributed by atoms with Gasteiger partial charge in [-0.1, -0.05) is 12.1 Å². The Labute approximate surface area is 172 Å². The minimum atomic E-state index is -4.33. The van der Waals surface area contributed by atoms with Crippen molar-refractivity contribution >= 4 is 11.7 Å². The van der Waals surface area contributed by atoms with Crippen LogP contribution in [0.3, 0.4) is 0 Å². The predicted octanol–water partition coefficient (Wildman–Crippen LogP) is 3.68. The molecule has 1 unspecified atom stereocenters. The van der Waals surface area contributed by atoms with Crippen LogP contribution >= 0.6 is 0 Å². The lowest BCUT2D eigenvalue weighted by atomic mass is 10.1. The summed E-state index contributed by atoms with van der Waals surface area (Å²) in [7, 11) is 0. The molecule has 0 radical (unpaired) electrons. The van der Waals surface area contributed by atoms with Crippen molar-refractivity contribution in [2.24, 2.45) is 0 Å². The molecule has 1 atom stereocenters. The first-order valence-corrected chi connectivity index (χ1v) is 9.62. The average molecular weight is 420 g/mol. The highest BCUT2D eigenvalue weighted by Gasteiger charge is 2.30. The smallest absolute Gasteiger partial charge is 0.416 e. The van der Waals surface area contributed by atoms with Gasteiger partial charge in [-0.25, -0.2) is 0 Å². The van der Waals surface area contributed by atoms with Crippen molar-refractivity contribution in [1.29, 1.82) is 0 Å². The van der Waals surface area contributed by atoms with Gasteiger partial charge < -0.3 is 10.1 Å². The zero-order chi connectivity index (χ0) is 21.7. The van der Waals surface area contributed by atoms with E-state index in [1.165, 1.54) is 19.1 Å². The number of ketones is 1. The number of rotatable bonds is 7. The van der Waals surface area contributed by atoms with Crippen LogP contribution in [-0.2, 0) is 17.5 Å². The molecule has 1 heterocycles. The van der Waals surface area contributed by atoms with Gasteiger partial charge in [0.05, 0.1) is 5.56 Å². The molecule has 2 aromatic rings. The fourth-order valence-corrected chi connectivity index (χ4v) is 3.36. The summed E-state index contributed by atoms with van der Waals surface area (Å²) in [5.41, 5.74) is 0.715. The molecule has 1 aliphatic heterocycles. The van der Waals surface area contributed by atoms with Gasteiger partial charge in [-0.15, -0.1) is 0 Å². The molecule has 160 valence electrons. The Morgan fingerprint density at radius 3 is 2.37 bits per heavy atom. The van der Waals surface area contributed by atoms with E-state index in [2.05, 4.69) is 10.2 Å². The van der Waals surface area contributed by atoms with Crippen LogP contribution in [-0.4, -0.2) is 42.3 Å². The van der Waals surface area contributed by atoms with Crippen molar-refractivity contribution in [3.05, 3.63) is 65.2 Å². The van der Waals surface area contributed by atoms with Gasteiger partial charge in [0.25, 0.3) is 5.91 Å². The van der Waals surface area contributed by atoms with E-state index < -0.39 is 11.7 Å². The summed E-state index contributed by atoms with van der Waals surface area (Å²) in [6, 6.07) is 11.7. The van der Waals surface area contributed by atoms with Crippen molar-refractivity contribution in [1.82, 2.24) is 10.2 Å². The van der Waals surface area contributed by atoms with Gasteiger partial charge in [-0.3, -0.25) is 14.5 Å². The highest BCUT2D eigenvalue weighted by atomic mass is 19.4. The first-order chi connectivity index (χ1) is 14.2. The first kappa shape index (κ1) is 21.8. The lowest BCUT2D eigenvalue weighted by Gasteiger charge is -2.17. The molecule has 0 aliphatic carbocycles. The van der Waals surface area contributed by atoms with E-state index in [1.54, 1.807) is 24.3 Å². The molecule has 8 heteroatoms. The Balaban J connectivity index is 1.42. The molecular formula is C22H23F3N2O3. The molecule has 5 nitrogen and oxygen atoms in total. The Kier molecular flexibility index (Phi) is 6.77. The molecular weight excluding hydrogens is 397 g/mol. The Morgan fingerprint density at radius 1 is 1.10 bits per heavy atom. The maximum Gasteiger partial charge on any atom is 0.416 e. The topological polar surface area (TPSA) is 58.6 Å². The average Bonchev–Trinajstić information content (AvgIpc) is 3.13. The summed E-state index contributed by atoms with van der Waals surface area (Å²) in [5.74, 6) is 0.221. The number of ether oxygens (including phenoxy) is 1. The maximum absolute atomic E-state index is 12.6. The van der Waals surface area contributed by atoms with Crippen LogP contribution in [0.4, 0.5) is 13.2 Å². The summed E-state index contributed by atoms with van der Waals surface area (Å²) < 4.78 is 43.4. The van der Waals surface area contributed by atoms with Crippen LogP contribution < -0.4 is 10.1 Å². The van der Waals surface area contributed by atoms with Gasteiger partial charge in [-0.2, -0.15) is 13.2 Å². The maximum atomic E-state index is 12.6. The highest BCUT2D eigenvalue weighted by molar-refractivity contribution is 5.94. The number of nitrogens with one attached hydrogen (secondary N) is 1. The third-order valence-electron chi connectivity index (χ3n) is 4.96. The standard InChI is InChI=1S/C22H23F3N2O3/c1-15(28)17-4-8-20(9-5-17)30-14-21(29)26-19-10-11-27(13-19)12-16-2-6-18(7-3-16)22(23,24)25/h2-9,19H,10-14H2,1H3,(H,26,29). The van der Waals surface area contributed by atoms with Crippen LogP contribution in [0.25, 0.3) is 0 Å². The number of carbonyl (C=O) groups excluding carboxylic acids is 2. The fourth-order valence-electron chi connectivity index (χ4n) is 3.36. The number of likely N-dealkylation sites (tertiary alicyclic amines) is 1. The normalized spacial score (nSPS) is 17.0.